The molecule has 0 spiro atoms. The van der Waals surface area contributed by atoms with Crippen molar-refractivity contribution >= 4 is 28.4 Å². The monoisotopic (exact) mass is 403 g/mol. The Kier molecular flexibility index (Phi) is 6.02. The van der Waals surface area contributed by atoms with E-state index in [9.17, 15) is 9.59 Å². The van der Waals surface area contributed by atoms with Gasteiger partial charge in [0.25, 0.3) is 5.91 Å². The molecule has 0 saturated carbocycles. The first kappa shape index (κ1) is 20.0. The summed E-state index contributed by atoms with van der Waals surface area (Å²) >= 11 is 0. The molecule has 0 bridgehead atoms. The Labute approximate surface area is 175 Å². The third-order valence-corrected chi connectivity index (χ3v) is 5.29. The van der Waals surface area contributed by atoms with Gasteiger partial charge in [-0.15, -0.1) is 0 Å². The Morgan fingerprint density at radius 2 is 2.00 bits per heavy atom. The molecule has 4 N–H and O–H groups in total. The van der Waals surface area contributed by atoms with Crippen LogP contribution in [0.3, 0.4) is 0 Å². The van der Waals surface area contributed by atoms with E-state index >= 15 is 0 Å². The van der Waals surface area contributed by atoms with E-state index in [1.54, 1.807) is 12.3 Å². The molecule has 154 valence electrons. The van der Waals surface area contributed by atoms with Gasteiger partial charge in [0.2, 0.25) is 5.91 Å². The van der Waals surface area contributed by atoms with E-state index in [4.69, 9.17) is 0 Å². The molecule has 7 heteroatoms. The molecule has 1 aromatic heterocycles. The van der Waals surface area contributed by atoms with E-state index < -0.39 is 0 Å². The maximum atomic E-state index is 12.9. The van der Waals surface area contributed by atoms with Crippen molar-refractivity contribution in [3.63, 3.8) is 0 Å². The third kappa shape index (κ3) is 4.48. The highest BCUT2D eigenvalue weighted by atomic mass is 16.2. The Bertz CT molecular complexity index is 1070. The van der Waals surface area contributed by atoms with Crippen LogP contribution in [0.25, 0.3) is 10.9 Å². The highest BCUT2D eigenvalue weighted by Crippen LogP contribution is 2.18. The number of benzene rings is 2. The van der Waals surface area contributed by atoms with Gasteiger partial charge in [0, 0.05) is 49.0 Å². The van der Waals surface area contributed by atoms with Crippen LogP contribution in [0.15, 0.2) is 54.7 Å². The molecular formula is C23H25N5O2. The molecule has 1 atom stereocenters. The molecule has 1 unspecified atom stereocenters. The highest BCUT2D eigenvalue weighted by Gasteiger charge is 2.20. The molecule has 2 aromatic carbocycles. The van der Waals surface area contributed by atoms with Crippen LogP contribution in [-0.2, 0) is 11.3 Å². The summed E-state index contributed by atoms with van der Waals surface area (Å²) in [4.78, 5) is 29.7. The van der Waals surface area contributed by atoms with Crippen molar-refractivity contribution in [3.05, 3.63) is 71.4 Å². The van der Waals surface area contributed by atoms with Gasteiger partial charge < -0.3 is 21.3 Å². The number of nitrogens with zero attached hydrogens (tertiary/aromatic N) is 1. The van der Waals surface area contributed by atoms with E-state index in [1.807, 2.05) is 49.4 Å². The standard InChI is InChI=1S/C23H25N5O2/c1-15-6-7-17(28-23(30)21-14-24-10-11-26-21)12-19(15)22(29)27-13-16-8-9-25-20-5-3-2-4-18(16)20/h2-9,12,21,24,26H,10-11,13-14H2,1H3,(H,27,29)(H,28,30). The van der Waals surface area contributed by atoms with Crippen LogP contribution in [0.5, 0.6) is 0 Å². The second kappa shape index (κ2) is 9.02. The number of aromatic nitrogens is 1. The van der Waals surface area contributed by atoms with Crippen LogP contribution < -0.4 is 21.3 Å². The highest BCUT2D eigenvalue weighted by molar-refractivity contribution is 5.99. The molecule has 3 aromatic rings. The number of carbonyl (C=O) groups is 2. The van der Waals surface area contributed by atoms with Gasteiger partial charge in [0.1, 0.15) is 0 Å². The van der Waals surface area contributed by atoms with Crippen molar-refractivity contribution in [2.24, 2.45) is 0 Å². The first-order chi connectivity index (χ1) is 14.6. The van der Waals surface area contributed by atoms with Crippen LogP contribution in [0.2, 0.25) is 0 Å². The summed E-state index contributed by atoms with van der Waals surface area (Å²) in [6, 6.07) is 14.9. The van der Waals surface area contributed by atoms with Crippen LogP contribution in [0.4, 0.5) is 5.69 Å². The minimum atomic E-state index is -0.280. The van der Waals surface area contributed by atoms with Gasteiger partial charge in [-0.25, -0.2) is 0 Å². The molecule has 0 radical (unpaired) electrons. The Balaban J connectivity index is 1.45. The lowest BCUT2D eigenvalue weighted by Gasteiger charge is -2.23. The van der Waals surface area contributed by atoms with E-state index in [0.717, 1.165) is 35.1 Å². The van der Waals surface area contributed by atoms with Gasteiger partial charge in [-0.05, 0) is 42.3 Å². The average molecular weight is 403 g/mol. The zero-order valence-corrected chi connectivity index (χ0v) is 16.9. The van der Waals surface area contributed by atoms with Gasteiger partial charge in [0.05, 0.1) is 11.6 Å². The van der Waals surface area contributed by atoms with Crippen molar-refractivity contribution in [2.75, 3.05) is 25.0 Å². The normalized spacial score (nSPS) is 16.2. The second-order valence-electron chi connectivity index (χ2n) is 7.40. The number of amides is 2. The predicted molar refractivity (Wildman–Crippen MR) is 117 cm³/mol. The topological polar surface area (TPSA) is 95.2 Å². The first-order valence-electron chi connectivity index (χ1n) is 10.1. The minimum Gasteiger partial charge on any atom is -0.348 e. The van der Waals surface area contributed by atoms with Crippen molar-refractivity contribution in [1.82, 2.24) is 20.9 Å². The van der Waals surface area contributed by atoms with Gasteiger partial charge >= 0.3 is 0 Å². The Morgan fingerprint density at radius 3 is 2.83 bits per heavy atom. The number of fused-ring (bicyclic) bond motifs is 1. The largest absolute Gasteiger partial charge is 0.348 e. The van der Waals surface area contributed by atoms with Crippen molar-refractivity contribution in [2.45, 2.75) is 19.5 Å². The molecule has 1 aliphatic heterocycles. The van der Waals surface area contributed by atoms with Crippen LogP contribution >= 0.6 is 0 Å². The Hall–Kier alpha value is -3.29. The second-order valence-corrected chi connectivity index (χ2v) is 7.40. The van der Waals surface area contributed by atoms with Gasteiger partial charge in [0.15, 0.2) is 0 Å². The number of pyridine rings is 1. The molecule has 7 nitrogen and oxygen atoms in total. The smallest absolute Gasteiger partial charge is 0.251 e. The molecule has 1 saturated heterocycles. The van der Waals surface area contributed by atoms with Gasteiger partial charge in [-0.2, -0.15) is 0 Å². The van der Waals surface area contributed by atoms with E-state index in [0.29, 0.717) is 24.3 Å². The lowest BCUT2D eigenvalue weighted by Crippen LogP contribution is -2.54. The summed E-state index contributed by atoms with van der Waals surface area (Å²) in [6.07, 6.45) is 1.75. The fraction of sp³-hybridized carbons (Fsp3) is 0.261. The molecule has 0 aliphatic carbocycles. The number of aryl methyl sites for hydroxylation is 1. The van der Waals surface area contributed by atoms with Gasteiger partial charge in [-0.3, -0.25) is 14.6 Å². The zero-order valence-electron chi connectivity index (χ0n) is 16.9. The summed E-state index contributed by atoms with van der Waals surface area (Å²) in [5.74, 6) is -0.289. The average Bonchev–Trinajstić information content (AvgIpc) is 2.79. The fourth-order valence-corrected chi connectivity index (χ4v) is 3.59. The number of anilines is 1. The lowest BCUT2D eigenvalue weighted by atomic mass is 10.1. The number of nitrogens with one attached hydrogen (secondary N) is 4. The molecule has 1 aliphatic rings. The number of carbonyl (C=O) groups excluding carboxylic acids is 2. The summed E-state index contributed by atoms with van der Waals surface area (Å²) in [7, 11) is 0. The quantitative estimate of drug-likeness (QED) is 0.523. The van der Waals surface area contributed by atoms with Crippen molar-refractivity contribution in [3.8, 4) is 0 Å². The number of para-hydroxylation sites is 1. The van der Waals surface area contributed by atoms with Crippen LogP contribution in [0.1, 0.15) is 21.5 Å². The summed E-state index contributed by atoms with van der Waals surface area (Å²) in [6.45, 7) is 4.48. The SMILES string of the molecule is Cc1ccc(NC(=O)C2CNCCN2)cc1C(=O)NCc1ccnc2ccccc12. The molecule has 4 rings (SSSR count). The van der Waals surface area contributed by atoms with Crippen LogP contribution in [-0.4, -0.2) is 42.5 Å². The molecule has 1 fully saturated rings. The number of piperazine rings is 1. The summed E-state index contributed by atoms with van der Waals surface area (Å²) in [5.41, 5.74) is 3.91. The third-order valence-electron chi connectivity index (χ3n) is 5.29. The van der Waals surface area contributed by atoms with E-state index in [-0.39, 0.29) is 17.9 Å². The van der Waals surface area contributed by atoms with Gasteiger partial charge in [-0.1, -0.05) is 24.3 Å². The lowest BCUT2D eigenvalue weighted by molar-refractivity contribution is -0.118. The van der Waals surface area contributed by atoms with Crippen molar-refractivity contribution < 1.29 is 9.59 Å². The van der Waals surface area contributed by atoms with E-state index in [2.05, 4.69) is 26.3 Å². The predicted octanol–water partition coefficient (Wildman–Crippen LogP) is 1.97. The maximum absolute atomic E-state index is 12.9. The number of hydrogen-bond acceptors (Lipinski definition) is 5. The summed E-state index contributed by atoms with van der Waals surface area (Å²) < 4.78 is 0. The zero-order chi connectivity index (χ0) is 20.9. The van der Waals surface area contributed by atoms with Crippen LogP contribution in [0, 0.1) is 6.92 Å². The van der Waals surface area contributed by atoms with E-state index in [1.165, 1.54) is 0 Å². The fourth-order valence-electron chi connectivity index (χ4n) is 3.59. The molecule has 2 heterocycles. The molecule has 30 heavy (non-hydrogen) atoms. The Morgan fingerprint density at radius 1 is 1.13 bits per heavy atom. The molecule has 2 amide bonds. The maximum Gasteiger partial charge on any atom is 0.251 e. The first-order valence-corrected chi connectivity index (χ1v) is 10.1. The summed E-state index contributed by atoms with van der Waals surface area (Å²) in [5, 5.41) is 13.3. The number of rotatable bonds is 5. The molecular weight excluding hydrogens is 378 g/mol. The number of hydrogen-bond donors (Lipinski definition) is 4. The minimum absolute atomic E-state index is 0.110. The van der Waals surface area contributed by atoms with Crippen molar-refractivity contribution in [1.29, 1.82) is 0 Å².